The van der Waals surface area contributed by atoms with Gasteiger partial charge in [0, 0.05) is 37.8 Å². The molecule has 1 aliphatic rings. The Hall–Kier alpha value is -3.01. The van der Waals surface area contributed by atoms with E-state index in [4.69, 9.17) is 0 Å². The van der Waals surface area contributed by atoms with E-state index in [0.29, 0.717) is 23.2 Å². The summed E-state index contributed by atoms with van der Waals surface area (Å²) in [4.78, 5) is 20.6. The molecule has 10 heteroatoms. The normalized spacial score (nSPS) is 15.7. The van der Waals surface area contributed by atoms with Crippen LogP contribution in [-0.4, -0.2) is 63.5 Å². The van der Waals surface area contributed by atoms with E-state index < -0.39 is 17.7 Å². The molecule has 4 rings (SSSR count). The predicted octanol–water partition coefficient (Wildman–Crippen LogP) is 2.87. The fourth-order valence-corrected chi connectivity index (χ4v) is 3.40. The summed E-state index contributed by atoms with van der Waals surface area (Å²) in [5, 5.41) is 3.99. The van der Waals surface area contributed by atoms with Gasteiger partial charge in [-0.15, -0.1) is 0 Å². The van der Waals surface area contributed by atoms with Gasteiger partial charge in [-0.1, -0.05) is 0 Å². The lowest BCUT2D eigenvalue weighted by molar-refractivity contribution is -0.142. The molecule has 1 amide bonds. The van der Waals surface area contributed by atoms with Crippen molar-refractivity contribution >= 4 is 11.6 Å². The van der Waals surface area contributed by atoms with Crippen LogP contribution in [0.3, 0.4) is 0 Å². The molecule has 0 N–H and O–H groups in total. The van der Waals surface area contributed by atoms with E-state index in [1.807, 2.05) is 7.05 Å². The Bertz CT molecular complexity index is 1070. The Morgan fingerprint density at radius 1 is 1.07 bits per heavy atom. The van der Waals surface area contributed by atoms with E-state index in [2.05, 4.69) is 15.0 Å². The van der Waals surface area contributed by atoms with Crippen molar-refractivity contribution in [3.8, 4) is 11.3 Å². The molecule has 3 aromatic rings. The van der Waals surface area contributed by atoms with Crippen LogP contribution in [0, 0.1) is 5.82 Å². The fourth-order valence-electron chi connectivity index (χ4n) is 3.40. The van der Waals surface area contributed by atoms with Gasteiger partial charge in [0.1, 0.15) is 5.82 Å². The number of benzene rings is 1. The highest BCUT2D eigenvalue weighted by Crippen LogP contribution is 2.32. The second-order valence-electron chi connectivity index (χ2n) is 7.30. The highest BCUT2D eigenvalue weighted by atomic mass is 19.4. The van der Waals surface area contributed by atoms with Crippen molar-refractivity contribution < 1.29 is 22.4 Å². The summed E-state index contributed by atoms with van der Waals surface area (Å²) in [6, 6.07) is 7.30. The Balaban J connectivity index is 1.68. The molecule has 3 heterocycles. The van der Waals surface area contributed by atoms with E-state index in [0.717, 1.165) is 31.3 Å². The predicted molar refractivity (Wildman–Crippen MR) is 101 cm³/mol. The van der Waals surface area contributed by atoms with Crippen LogP contribution in [0.15, 0.2) is 36.4 Å². The summed E-state index contributed by atoms with van der Waals surface area (Å²) in [5.74, 6) is -0.677. The molecule has 2 aromatic heterocycles. The van der Waals surface area contributed by atoms with Crippen molar-refractivity contribution in [2.24, 2.45) is 0 Å². The number of piperazine rings is 1. The first-order valence-electron chi connectivity index (χ1n) is 9.40. The smallest absolute Gasteiger partial charge is 0.340 e. The monoisotopic (exact) mass is 421 g/mol. The van der Waals surface area contributed by atoms with Gasteiger partial charge in [-0.2, -0.15) is 18.3 Å². The Morgan fingerprint density at radius 3 is 2.37 bits per heavy atom. The second-order valence-corrected chi connectivity index (χ2v) is 7.30. The minimum Gasteiger partial charge on any atom is -0.340 e. The van der Waals surface area contributed by atoms with E-state index in [1.54, 1.807) is 4.90 Å². The first kappa shape index (κ1) is 20.3. The van der Waals surface area contributed by atoms with Crippen LogP contribution in [0.25, 0.3) is 16.9 Å². The number of amides is 1. The number of rotatable bonds is 3. The zero-order chi connectivity index (χ0) is 21.5. The number of fused-ring (bicyclic) bond motifs is 1. The van der Waals surface area contributed by atoms with Crippen LogP contribution in [-0.2, 0) is 17.4 Å². The number of carbonyl (C=O) groups excluding carboxylic acids is 1. The maximum Gasteiger partial charge on any atom is 0.433 e. The van der Waals surface area contributed by atoms with E-state index in [-0.39, 0.29) is 29.4 Å². The van der Waals surface area contributed by atoms with Gasteiger partial charge in [-0.25, -0.2) is 13.9 Å². The van der Waals surface area contributed by atoms with E-state index >= 15 is 0 Å². The summed E-state index contributed by atoms with van der Waals surface area (Å²) in [5.41, 5.74) is -0.420. The van der Waals surface area contributed by atoms with Crippen molar-refractivity contribution in [3.63, 3.8) is 0 Å². The minimum atomic E-state index is -4.68. The molecule has 0 spiro atoms. The lowest BCUT2D eigenvalue weighted by Gasteiger charge is -2.32. The van der Waals surface area contributed by atoms with Crippen LogP contribution < -0.4 is 0 Å². The van der Waals surface area contributed by atoms with Crippen molar-refractivity contribution in [2.45, 2.75) is 12.6 Å². The number of hydrogen-bond acceptors (Lipinski definition) is 4. The van der Waals surface area contributed by atoms with Crippen LogP contribution in [0.2, 0.25) is 0 Å². The van der Waals surface area contributed by atoms with Gasteiger partial charge >= 0.3 is 6.18 Å². The summed E-state index contributed by atoms with van der Waals surface area (Å²) < 4.78 is 54.8. The van der Waals surface area contributed by atoms with Gasteiger partial charge in [0.2, 0.25) is 5.91 Å². The Labute approximate surface area is 169 Å². The lowest BCUT2D eigenvalue weighted by Crippen LogP contribution is -2.47. The first-order chi connectivity index (χ1) is 14.2. The van der Waals surface area contributed by atoms with Gasteiger partial charge in [-0.05, 0) is 37.4 Å². The van der Waals surface area contributed by atoms with Crippen molar-refractivity contribution in [1.82, 2.24) is 24.4 Å². The summed E-state index contributed by atoms with van der Waals surface area (Å²) in [7, 11) is 1.97. The van der Waals surface area contributed by atoms with E-state index in [9.17, 15) is 22.4 Å². The van der Waals surface area contributed by atoms with Crippen LogP contribution in [0.5, 0.6) is 0 Å². The minimum absolute atomic E-state index is 0.0228. The number of alkyl halides is 3. The highest BCUT2D eigenvalue weighted by molar-refractivity contribution is 5.79. The van der Waals surface area contributed by atoms with Gasteiger partial charge in [0.05, 0.1) is 17.8 Å². The molecular formula is C20H19F4N5O. The van der Waals surface area contributed by atoms with Crippen molar-refractivity contribution in [1.29, 1.82) is 0 Å². The molecule has 158 valence electrons. The topological polar surface area (TPSA) is 53.7 Å². The van der Waals surface area contributed by atoms with Gasteiger partial charge in [-0.3, -0.25) is 4.79 Å². The summed E-state index contributed by atoms with van der Waals surface area (Å²) in [6.07, 6.45) is -4.78. The van der Waals surface area contributed by atoms with Gasteiger partial charge in [0.15, 0.2) is 11.3 Å². The third-order valence-electron chi connectivity index (χ3n) is 5.10. The van der Waals surface area contributed by atoms with Crippen LogP contribution in [0.1, 0.15) is 11.4 Å². The Kier molecular flexibility index (Phi) is 5.19. The SMILES string of the molecule is CN1CCN(C(=O)Cc2cc3nc(-c4ccc(F)cc4)cc(C(F)(F)F)n3n2)CC1. The number of hydrogen-bond donors (Lipinski definition) is 0. The van der Waals surface area contributed by atoms with Crippen molar-refractivity contribution in [2.75, 3.05) is 33.2 Å². The summed E-state index contributed by atoms with van der Waals surface area (Å²) in [6.45, 7) is 2.64. The maximum atomic E-state index is 13.6. The summed E-state index contributed by atoms with van der Waals surface area (Å²) >= 11 is 0. The molecule has 0 aliphatic carbocycles. The largest absolute Gasteiger partial charge is 0.433 e. The van der Waals surface area contributed by atoms with Crippen molar-refractivity contribution in [3.05, 3.63) is 53.6 Å². The molecule has 1 saturated heterocycles. The zero-order valence-electron chi connectivity index (χ0n) is 16.2. The number of carbonyl (C=O) groups is 1. The molecule has 0 atom stereocenters. The molecule has 6 nitrogen and oxygen atoms in total. The molecule has 1 aromatic carbocycles. The van der Waals surface area contributed by atoms with Crippen LogP contribution in [0.4, 0.5) is 17.6 Å². The number of likely N-dealkylation sites (N-methyl/N-ethyl adjacent to an activating group) is 1. The van der Waals surface area contributed by atoms with Gasteiger partial charge in [0.25, 0.3) is 0 Å². The molecule has 1 fully saturated rings. The average molecular weight is 421 g/mol. The molecular weight excluding hydrogens is 402 g/mol. The Morgan fingerprint density at radius 2 is 1.73 bits per heavy atom. The molecule has 1 aliphatic heterocycles. The lowest BCUT2D eigenvalue weighted by atomic mass is 10.1. The molecule has 0 unspecified atom stereocenters. The molecule has 0 bridgehead atoms. The third-order valence-corrected chi connectivity index (χ3v) is 5.10. The molecule has 30 heavy (non-hydrogen) atoms. The number of halogens is 4. The third kappa shape index (κ3) is 4.13. The molecule has 0 saturated carbocycles. The van der Waals surface area contributed by atoms with Crippen LogP contribution >= 0.6 is 0 Å². The average Bonchev–Trinajstić information content (AvgIpc) is 3.09. The van der Waals surface area contributed by atoms with Gasteiger partial charge < -0.3 is 9.80 Å². The number of nitrogens with zero attached hydrogens (tertiary/aromatic N) is 5. The zero-order valence-corrected chi connectivity index (χ0v) is 16.2. The number of aromatic nitrogens is 3. The fraction of sp³-hybridized carbons (Fsp3) is 0.350. The highest BCUT2D eigenvalue weighted by Gasteiger charge is 2.35. The maximum absolute atomic E-state index is 13.6. The standard InChI is InChI=1S/C20H19F4N5O/c1-27-6-8-28(9-7-27)19(30)11-15-10-18-25-16(13-2-4-14(21)5-3-13)12-17(20(22,23)24)29(18)26-15/h2-5,10,12H,6-9,11H2,1H3. The van der Waals surface area contributed by atoms with E-state index in [1.165, 1.54) is 18.2 Å². The first-order valence-corrected chi connectivity index (χ1v) is 9.40. The molecule has 0 radical (unpaired) electrons. The quantitative estimate of drug-likeness (QED) is 0.611. The second kappa shape index (κ2) is 7.67.